The van der Waals surface area contributed by atoms with Gasteiger partial charge in [-0.1, -0.05) is 0 Å². The lowest BCUT2D eigenvalue weighted by Gasteiger charge is -2.08. The van der Waals surface area contributed by atoms with Crippen LogP contribution in [0.4, 0.5) is 0 Å². The lowest BCUT2D eigenvalue weighted by Crippen LogP contribution is -2.05. The average molecular weight is 265 g/mol. The first-order valence-corrected chi connectivity index (χ1v) is 6.53. The monoisotopic (exact) mass is 265 g/mol. The quantitative estimate of drug-likeness (QED) is 0.730. The summed E-state index contributed by atoms with van der Waals surface area (Å²) in [5.41, 5.74) is 1.98. The molecule has 0 radical (unpaired) electrons. The van der Waals surface area contributed by atoms with Crippen LogP contribution in [0.2, 0.25) is 0 Å². The molecule has 3 rings (SSSR count). The van der Waals surface area contributed by atoms with E-state index in [1.165, 1.54) is 0 Å². The first-order valence-electron chi connectivity index (χ1n) is 6.53. The van der Waals surface area contributed by atoms with Gasteiger partial charge >= 0.3 is 0 Å². The van der Waals surface area contributed by atoms with Gasteiger partial charge in [-0.2, -0.15) is 5.10 Å². The molecule has 0 saturated heterocycles. The van der Waals surface area contributed by atoms with E-state index < -0.39 is 0 Å². The van der Waals surface area contributed by atoms with Crippen molar-refractivity contribution >= 4 is 0 Å². The zero-order valence-corrected chi connectivity index (χ0v) is 11.4. The summed E-state index contributed by atoms with van der Waals surface area (Å²) in [7, 11) is 0. The number of hydrogen-bond acceptors (Lipinski definition) is 4. The van der Waals surface area contributed by atoms with Crippen molar-refractivity contribution in [3.05, 3.63) is 49.1 Å². The highest BCUT2D eigenvalue weighted by Gasteiger charge is 2.15. The van der Waals surface area contributed by atoms with Gasteiger partial charge < -0.3 is 0 Å². The van der Waals surface area contributed by atoms with Gasteiger partial charge in [0, 0.05) is 42.0 Å². The fourth-order valence-electron chi connectivity index (χ4n) is 2.00. The molecule has 0 bridgehead atoms. The van der Waals surface area contributed by atoms with Crippen LogP contribution in [0, 0.1) is 0 Å². The fraction of sp³-hybridized carbons (Fsp3) is 0.200. The van der Waals surface area contributed by atoms with Gasteiger partial charge in [0.2, 0.25) is 0 Å². The van der Waals surface area contributed by atoms with Crippen LogP contribution in [-0.2, 0) is 0 Å². The molecule has 0 aliphatic heterocycles. The van der Waals surface area contributed by atoms with Crippen molar-refractivity contribution in [2.24, 2.45) is 0 Å². The van der Waals surface area contributed by atoms with E-state index in [-0.39, 0.29) is 6.04 Å². The predicted molar refractivity (Wildman–Crippen MR) is 76.9 cm³/mol. The van der Waals surface area contributed by atoms with Crippen molar-refractivity contribution in [3.8, 4) is 22.8 Å². The second kappa shape index (κ2) is 5.21. The van der Waals surface area contributed by atoms with Crippen LogP contribution in [0.3, 0.4) is 0 Å². The van der Waals surface area contributed by atoms with E-state index in [9.17, 15) is 0 Å². The van der Waals surface area contributed by atoms with E-state index >= 15 is 0 Å². The Bertz CT molecular complexity index is 689. The molecule has 0 amide bonds. The average Bonchev–Trinajstić information content (AvgIpc) is 2.94. The molecule has 0 unspecified atom stereocenters. The number of hydrogen-bond donors (Lipinski definition) is 0. The Morgan fingerprint density at radius 1 is 0.850 bits per heavy atom. The van der Waals surface area contributed by atoms with Gasteiger partial charge in [-0.25, -0.2) is 9.67 Å². The number of pyridine rings is 2. The highest BCUT2D eigenvalue weighted by molar-refractivity contribution is 5.60. The summed E-state index contributed by atoms with van der Waals surface area (Å²) in [5, 5.41) is 4.61. The number of nitrogens with zero attached hydrogens (tertiary/aromatic N) is 5. The van der Waals surface area contributed by atoms with Gasteiger partial charge in [0.05, 0.1) is 0 Å². The summed E-state index contributed by atoms with van der Waals surface area (Å²) >= 11 is 0. The summed E-state index contributed by atoms with van der Waals surface area (Å²) in [6.45, 7) is 4.19. The largest absolute Gasteiger partial charge is 0.265 e. The normalized spacial score (nSPS) is 10.9. The molecule has 5 nitrogen and oxygen atoms in total. The van der Waals surface area contributed by atoms with E-state index in [0.717, 1.165) is 17.0 Å². The van der Waals surface area contributed by atoms with Crippen molar-refractivity contribution in [2.45, 2.75) is 19.9 Å². The number of aromatic nitrogens is 5. The molecule has 5 heteroatoms. The Morgan fingerprint density at radius 3 is 1.95 bits per heavy atom. The highest BCUT2D eigenvalue weighted by atomic mass is 15.4. The minimum absolute atomic E-state index is 0.237. The van der Waals surface area contributed by atoms with Gasteiger partial charge in [-0.15, -0.1) is 0 Å². The molecular weight excluding hydrogens is 250 g/mol. The molecule has 3 aromatic heterocycles. The zero-order valence-electron chi connectivity index (χ0n) is 11.4. The third-order valence-corrected chi connectivity index (χ3v) is 3.00. The molecule has 3 aromatic rings. The maximum Gasteiger partial charge on any atom is 0.181 e. The van der Waals surface area contributed by atoms with Crippen molar-refractivity contribution in [2.75, 3.05) is 0 Å². The second-order valence-corrected chi connectivity index (χ2v) is 4.77. The molecule has 0 aliphatic carbocycles. The Kier molecular flexibility index (Phi) is 3.25. The van der Waals surface area contributed by atoms with Crippen molar-refractivity contribution in [1.29, 1.82) is 0 Å². The molecule has 20 heavy (non-hydrogen) atoms. The van der Waals surface area contributed by atoms with Crippen LogP contribution in [0.1, 0.15) is 19.9 Å². The van der Waals surface area contributed by atoms with E-state index in [2.05, 4.69) is 33.9 Å². The van der Waals surface area contributed by atoms with Gasteiger partial charge in [0.25, 0.3) is 0 Å². The molecule has 0 N–H and O–H groups in total. The third-order valence-electron chi connectivity index (χ3n) is 3.00. The lowest BCUT2D eigenvalue weighted by molar-refractivity contribution is 0.539. The van der Waals surface area contributed by atoms with Gasteiger partial charge in [-0.05, 0) is 38.1 Å². The summed E-state index contributed by atoms with van der Waals surface area (Å²) in [6, 6.07) is 7.95. The Labute approximate surface area is 117 Å². The molecule has 100 valence electrons. The van der Waals surface area contributed by atoms with E-state index in [4.69, 9.17) is 0 Å². The minimum atomic E-state index is 0.237. The van der Waals surface area contributed by atoms with Gasteiger partial charge in [0.15, 0.2) is 11.6 Å². The summed E-state index contributed by atoms with van der Waals surface area (Å²) in [6.07, 6.45) is 7.02. The van der Waals surface area contributed by atoms with Gasteiger partial charge in [-0.3, -0.25) is 9.97 Å². The molecular formula is C15H15N5. The van der Waals surface area contributed by atoms with Crippen LogP contribution in [0.15, 0.2) is 49.1 Å². The lowest BCUT2D eigenvalue weighted by atomic mass is 10.2. The zero-order chi connectivity index (χ0) is 13.9. The van der Waals surface area contributed by atoms with Crippen LogP contribution in [0.5, 0.6) is 0 Å². The van der Waals surface area contributed by atoms with Crippen LogP contribution >= 0.6 is 0 Å². The molecule has 0 atom stereocenters. The smallest absolute Gasteiger partial charge is 0.181 e. The summed E-state index contributed by atoms with van der Waals surface area (Å²) in [5.74, 6) is 1.57. The molecule has 0 aliphatic rings. The molecule has 0 fully saturated rings. The molecule has 3 heterocycles. The van der Waals surface area contributed by atoms with E-state index in [1.807, 2.05) is 28.9 Å². The van der Waals surface area contributed by atoms with Crippen LogP contribution in [-0.4, -0.2) is 24.7 Å². The van der Waals surface area contributed by atoms with Crippen molar-refractivity contribution < 1.29 is 0 Å². The van der Waals surface area contributed by atoms with Crippen molar-refractivity contribution in [1.82, 2.24) is 24.7 Å². The first kappa shape index (κ1) is 12.5. The molecule has 0 saturated carbocycles. The van der Waals surface area contributed by atoms with Crippen molar-refractivity contribution in [3.63, 3.8) is 0 Å². The van der Waals surface area contributed by atoms with Gasteiger partial charge in [0.1, 0.15) is 0 Å². The Balaban J connectivity index is 2.13. The Hall–Kier alpha value is -2.56. The standard InChI is InChI=1S/C15H15N5/c1-11(2)20-15(13-5-9-17-10-6-13)18-14(19-20)12-3-7-16-8-4-12/h3-11H,1-2H3. The molecule has 0 spiro atoms. The topological polar surface area (TPSA) is 56.5 Å². The maximum absolute atomic E-state index is 4.67. The SMILES string of the molecule is CC(C)n1nc(-c2ccncc2)nc1-c1ccncc1. The third kappa shape index (κ3) is 2.30. The summed E-state index contributed by atoms with van der Waals surface area (Å²) < 4.78 is 1.94. The minimum Gasteiger partial charge on any atom is -0.265 e. The predicted octanol–water partition coefficient (Wildman–Crippen LogP) is 2.98. The maximum atomic E-state index is 4.67. The highest BCUT2D eigenvalue weighted by Crippen LogP contribution is 2.24. The van der Waals surface area contributed by atoms with Crippen LogP contribution < -0.4 is 0 Å². The van der Waals surface area contributed by atoms with E-state index in [1.54, 1.807) is 24.8 Å². The second-order valence-electron chi connectivity index (χ2n) is 4.77. The molecule has 0 aromatic carbocycles. The Morgan fingerprint density at radius 2 is 1.40 bits per heavy atom. The van der Waals surface area contributed by atoms with E-state index in [0.29, 0.717) is 5.82 Å². The van der Waals surface area contributed by atoms with Crippen LogP contribution in [0.25, 0.3) is 22.8 Å². The number of rotatable bonds is 3. The first-order chi connectivity index (χ1) is 9.75. The fourth-order valence-corrected chi connectivity index (χ4v) is 2.00. The summed E-state index contributed by atoms with van der Waals surface area (Å²) in [4.78, 5) is 12.7.